The van der Waals surface area contributed by atoms with E-state index in [9.17, 15) is 4.79 Å². The van der Waals surface area contributed by atoms with E-state index in [1.54, 1.807) is 6.07 Å². The van der Waals surface area contributed by atoms with Crippen molar-refractivity contribution >= 4 is 17.5 Å². The first-order chi connectivity index (χ1) is 7.63. The lowest BCUT2D eigenvalue weighted by Crippen LogP contribution is -2.24. The average molecular weight is 244 g/mol. The largest absolute Gasteiger partial charge is 0.456 e. The normalized spacial score (nSPS) is 12.4. The molecule has 90 valence electrons. The molecule has 0 saturated heterocycles. The molecule has 0 radical (unpaired) electrons. The van der Waals surface area contributed by atoms with E-state index < -0.39 is 0 Å². The van der Waals surface area contributed by atoms with Gasteiger partial charge in [-0.15, -0.1) is 11.6 Å². The van der Waals surface area contributed by atoms with Gasteiger partial charge in [-0.2, -0.15) is 0 Å². The maximum atomic E-state index is 11.6. The third kappa shape index (κ3) is 4.27. The number of carbonyl (C=O) groups is 1. The van der Waals surface area contributed by atoms with Gasteiger partial charge in [0.15, 0.2) is 5.76 Å². The summed E-state index contributed by atoms with van der Waals surface area (Å²) in [6, 6.07) is 3.54. The Hall–Kier alpha value is -0.960. The van der Waals surface area contributed by atoms with Crippen LogP contribution in [0.25, 0.3) is 0 Å². The van der Waals surface area contributed by atoms with Gasteiger partial charge < -0.3 is 9.73 Å². The molecule has 0 fully saturated rings. The zero-order valence-corrected chi connectivity index (χ0v) is 10.5. The zero-order chi connectivity index (χ0) is 12.0. The SMILES string of the molecule is CCc1ccc(C(=O)NCCCC(C)Cl)o1. The van der Waals surface area contributed by atoms with Gasteiger partial charge >= 0.3 is 0 Å². The van der Waals surface area contributed by atoms with E-state index in [1.165, 1.54) is 0 Å². The monoisotopic (exact) mass is 243 g/mol. The molecule has 1 aromatic heterocycles. The summed E-state index contributed by atoms with van der Waals surface area (Å²) in [6.45, 7) is 4.57. The molecule has 1 aromatic rings. The van der Waals surface area contributed by atoms with E-state index in [0.29, 0.717) is 12.3 Å². The standard InChI is InChI=1S/C12H18ClNO2/c1-3-10-6-7-11(16-10)12(15)14-8-4-5-9(2)13/h6-7,9H,3-5,8H2,1-2H3,(H,14,15). The number of furan rings is 1. The van der Waals surface area contributed by atoms with Crippen LogP contribution in [-0.4, -0.2) is 17.8 Å². The lowest BCUT2D eigenvalue weighted by atomic mass is 10.2. The van der Waals surface area contributed by atoms with Crippen molar-refractivity contribution in [3.63, 3.8) is 0 Å². The van der Waals surface area contributed by atoms with Crippen molar-refractivity contribution in [3.05, 3.63) is 23.7 Å². The van der Waals surface area contributed by atoms with Crippen molar-refractivity contribution in [2.45, 2.75) is 38.5 Å². The molecule has 1 atom stereocenters. The maximum Gasteiger partial charge on any atom is 0.286 e. The van der Waals surface area contributed by atoms with Crippen molar-refractivity contribution in [2.75, 3.05) is 6.54 Å². The van der Waals surface area contributed by atoms with Crippen LogP contribution in [0.3, 0.4) is 0 Å². The van der Waals surface area contributed by atoms with Gasteiger partial charge in [-0.3, -0.25) is 4.79 Å². The number of carbonyl (C=O) groups excluding carboxylic acids is 1. The number of alkyl halides is 1. The fraction of sp³-hybridized carbons (Fsp3) is 0.583. The van der Waals surface area contributed by atoms with Crippen molar-refractivity contribution in [1.82, 2.24) is 5.32 Å². The number of halogens is 1. The van der Waals surface area contributed by atoms with Gasteiger partial charge in [0.2, 0.25) is 0 Å². The van der Waals surface area contributed by atoms with Crippen LogP contribution in [0.4, 0.5) is 0 Å². The van der Waals surface area contributed by atoms with Crippen LogP contribution in [-0.2, 0) is 6.42 Å². The van der Waals surface area contributed by atoms with Gasteiger partial charge in [0, 0.05) is 18.3 Å². The Labute approximate surface area is 101 Å². The third-order valence-corrected chi connectivity index (χ3v) is 2.52. The second kappa shape index (κ2) is 6.59. The first-order valence-electron chi connectivity index (χ1n) is 5.64. The summed E-state index contributed by atoms with van der Waals surface area (Å²) in [7, 11) is 0. The van der Waals surface area contributed by atoms with Gasteiger partial charge in [-0.1, -0.05) is 6.92 Å². The minimum absolute atomic E-state index is 0.151. The molecule has 0 aliphatic rings. The van der Waals surface area contributed by atoms with Crippen LogP contribution in [0, 0.1) is 0 Å². The highest BCUT2D eigenvalue weighted by atomic mass is 35.5. The maximum absolute atomic E-state index is 11.6. The van der Waals surface area contributed by atoms with E-state index >= 15 is 0 Å². The van der Waals surface area contributed by atoms with Gasteiger partial charge in [0.1, 0.15) is 5.76 Å². The van der Waals surface area contributed by atoms with E-state index in [-0.39, 0.29) is 11.3 Å². The lowest BCUT2D eigenvalue weighted by molar-refractivity contribution is 0.0923. The number of rotatable bonds is 6. The summed E-state index contributed by atoms with van der Waals surface area (Å²) in [5.41, 5.74) is 0. The van der Waals surface area contributed by atoms with Crippen LogP contribution in [0.15, 0.2) is 16.5 Å². The minimum Gasteiger partial charge on any atom is -0.456 e. The molecule has 1 unspecified atom stereocenters. The van der Waals surface area contributed by atoms with Crippen molar-refractivity contribution in [3.8, 4) is 0 Å². The summed E-state index contributed by atoms with van der Waals surface area (Å²) in [5.74, 6) is 1.07. The van der Waals surface area contributed by atoms with Crippen molar-refractivity contribution in [2.24, 2.45) is 0 Å². The van der Waals surface area contributed by atoms with Crippen molar-refractivity contribution in [1.29, 1.82) is 0 Å². The first-order valence-corrected chi connectivity index (χ1v) is 6.08. The van der Waals surface area contributed by atoms with Gasteiger partial charge in [-0.05, 0) is 31.9 Å². The Kier molecular flexibility index (Phi) is 5.39. The van der Waals surface area contributed by atoms with Crippen LogP contribution >= 0.6 is 11.6 Å². The van der Waals surface area contributed by atoms with Gasteiger partial charge in [0.05, 0.1) is 0 Å². The topological polar surface area (TPSA) is 42.2 Å². The smallest absolute Gasteiger partial charge is 0.286 e. The van der Waals surface area contributed by atoms with Crippen LogP contribution in [0.5, 0.6) is 0 Å². The molecule has 0 spiro atoms. The zero-order valence-electron chi connectivity index (χ0n) is 9.75. The summed E-state index contributed by atoms with van der Waals surface area (Å²) < 4.78 is 5.33. The average Bonchev–Trinajstić information content (AvgIpc) is 2.72. The fourth-order valence-electron chi connectivity index (χ4n) is 1.36. The Morgan fingerprint density at radius 2 is 2.31 bits per heavy atom. The third-order valence-electron chi connectivity index (χ3n) is 2.30. The molecule has 3 nitrogen and oxygen atoms in total. The Morgan fingerprint density at radius 1 is 1.56 bits per heavy atom. The van der Waals surface area contributed by atoms with E-state index in [1.807, 2.05) is 19.9 Å². The summed E-state index contributed by atoms with van der Waals surface area (Å²) in [6.07, 6.45) is 2.59. The number of hydrogen-bond acceptors (Lipinski definition) is 2. The number of nitrogens with one attached hydrogen (secondary N) is 1. The lowest BCUT2D eigenvalue weighted by Gasteiger charge is -2.04. The molecule has 0 aliphatic heterocycles. The molecule has 16 heavy (non-hydrogen) atoms. The fourth-order valence-corrected chi connectivity index (χ4v) is 1.52. The first kappa shape index (κ1) is 13.1. The molecule has 0 aromatic carbocycles. The van der Waals surface area contributed by atoms with Gasteiger partial charge in [-0.25, -0.2) is 0 Å². The number of amides is 1. The molecule has 1 amide bonds. The predicted octanol–water partition coefficient (Wildman–Crippen LogP) is 2.98. The van der Waals surface area contributed by atoms with Crippen LogP contribution < -0.4 is 5.32 Å². The Balaban J connectivity index is 2.29. The highest BCUT2D eigenvalue weighted by Crippen LogP contribution is 2.08. The van der Waals surface area contributed by atoms with E-state index in [4.69, 9.17) is 16.0 Å². The summed E-state index contributed by atoms with van der Waals surface area (Å²) in [4.78, 5) is 11.6. The molecule has 0 saturated carbocycles. The molecule has 0 bridgehead atoms. The summed E-state index contributed by atoms with van der Waals surface area (Å²) >= 11 is 5.80. The van der Waals surface area contributed by atoms with Gasteiger partial charge in [0.25, 0.3) is 5.91 Å². The highest BCUT2D eigenvalue weighted by molar-refractivity contribution is 6.20. The second-order valence-electron chi connectivity index (χ2n) is 3.80. The molecule has 1 N–H and O–H groups in total. The quantitative estimate of drug-likeness (QED) is 0.617. The van der Waals surface area contributed by atoms with Crippen LogP contribution in [0.1, 0.15) is 43.0 Å². The summed E-state index contributed by atoms with van der Waals surface area (Å²) in [5, 5.41) is 2.96. The highest BCUT2D eigenvalue weighted by Gasteiger charge is 2.09. The van der Waals surface area contributed by atoms with E-state index in [0.717, 1.165) is 25.0 Å². The predicted molar refractivity (Wildman–Crippen MR) is 65.0 cm³/mol. The number of aryl methyl sites for hydroxylation is 1. The molecular formula is C12H18ClNO2. The molecule has 4 heteroatoms. The molecular weight excluding hydrogens is 226 g/mol. The molecule has 1 rings (SSSR count). The molecule has 0 aliphatic carbocycles. The second-order valence-corrected chi connectivity index (χ2v) is 4.54. The molecule has 1 heterocycles. The number of hydrogen-bond donors (Lipinski definition) is 1. The minimum atomic E-state index is -0.151. The Morgan fingerprint density at radius 3 is 2.88 bits per heavy atom. The van der Waals surface area contributed by atoms with Crippen molar-refractivity contribution < 1.29 is 9.21 Å². The Bertz CT molecular complexity index is 334. The van der Waals surface area contributed by atoms with Crippen LogP contribution in [0.2, 0.25) is 0 Å². The van der Waals surface area contributed by atoms with E-state index in [2.05, 4.69) is 5.32 Å².